The second kappa shape index (κ2) is 29.1. The topological polar surface area (TPSA) is 182 Å². The molecule has 6 atom stereocenters. The van der Waals surface area contributed by atoms with E-state index in [9.17, 15) is 34.1 Å². The number of ketones is 1. The van der Waals surface area contributed by atoms with Crippen molar-refractivity contribution in [3.05, 3.63) is 34.8 Å². The summed E-state index contributed by atoms with van der Waals surface area (Å²) in [6, 6.07) is 0. The van der Waals surface area contributed by atoms with Gasteiger partial charge in [-0.3, -0.25) is 18.9 Å². The molecule has 0 radical (unpaired) electrons. The van der Waals surface area contributed by atoms with Crippen molar-refractivity contribution in [1.29, 1.82) is 0 Å². The van der Waals surface area contributed by atoms with Gasteiger partial charge in [0.15, 0.2) is 6.10 Å². The lowest BCUT2D eigenvalue weighted by molar-refractivity contribution is -0.870. The first kappa shape index (κ1) is 53.8. The number of rotatable bonds is 34. The number of likely N-dealkylation sites (N-methyl/N-ethyl adjacent to an activating group) is 1. The van der Waals surface area contributed by atoms with Crippen LogP contribution in [0.5, 0.6) is 0 Å². The molecule has 1 fully saturated rings. The number of Topliss-reactive ketones (excluding diaryl/α,β-unsaturated/α-hetero) is 1. The summed E-state index contributed by atoms with van der Waals surface area (Å²) in [7, 11) is 0.993. The molecular formula is C46H80NO12P. The van der Waals surface area contributed by atoms with Crippen molar-refractivity contribution in [2.24, 2.45) is 11.8 Å². The molecule has 0 aliphatic heterocycles. The van der Waals surface area contributed by atoms with Crippen LogP contribution >= 0.6 is 7.82 Å². The zero-order valence-corrected chi connectivity index (χ0v) is 39.0. The minimum Gasteiger partial charge on any atom is -0.756 e. The number of nitrogens with zero attached hydrogens (tertiary/aromatic N) is 1. The van der Waals surface area contributed by atoms with E-state index in [1.165, 1.54) is 11.1 Å². The predicted octanol–water partition coefficient (Wildman–Crippen LogP) is 8.19. The van der Waals surface area contributed by atoms with E-state index in [4.69, 9.17) is 22.9 Å². The smallest absolute Gasteiger partial charge is 0.306 e. The fourth-order valence-electron chi connectivity index (χ4n) is 7.48. The molecular weight excluding hydrogens is 789 g/mol. The molecule has 1 unspecified atom stereocenters. The van der Waals surface area contributed by atoms with Crippen LogP contribution in [0.3, 0.4) is 0 Å². The Morgan fingerprint density at radius 3 is 2.12 bits per heavy atom. The van der Waals surface area contributed by atoms with Gasteiger partial charge in [-0.2, -0.15) is 0 Å². The number of hydrogen-bond donors (Lipinski definition) is 2. The SMILES string of the molecule is CCCCC[C@H](O)/C=C/[C@H]1[C@H](O)CC(=O)[C@@H]1CCCCCCC(=O)O[C@H](COC(=O)CCCCCCCCc1oc(CCC)c(C)c1C)COP(=O)([O-])OCC[N+](C)(C)C. The lowest BCUT2D eigenvalue weighted by atomic mass is 9.88. The molecule has 14 heteroatoms. The monoisotopic (exact) mass is 870 g/mol. The van der Waals surface area contributed by atoms with Crippen molar-refractivity contribution < 1.29 is 61.5 Å². The lowest BCUT2D eigenvalue weighted by Crippen LogP contribution is -2.37. The molecule has 1 aromatic rings. The maximum absolute atomic E-state index is 12.8. The molecule has 2 N–H and O–H groups in total. The first-order chi connectivity index (χ1) is 28.5. The number of aliphatic hydroxyl groups is 2. The minimum absolute atomic E-state index is 0.0372. The largest absolute Gasteiger partial charge is 0.756 e. The average molecular weight is 870 g/mol. The summed E-state index contributed by atoms with van der Waals surface area (Å²) in [4.78, 5) is 50.5. The zero-order valence-electron chi connectivity index (χ0n) is 38.1. The number of phosphoric acid groups is 1. The molecule has 1 aromatic heterocycles. The van der Waals surface area contributed by atoms with Gasteiger partial charge in [-0.25, -0.2) is 0 Å². The summed E-state index contributed by atoms with van der Waals surface area (Å²) < 4.78 is 40.0. The molecule has 0 aromatic carbocycles. The lowest BCUT2D eigenvalue weighted by Gasteiger charge is -2.28. The second-order valence-corrected chi connectivity index (χ2v) is 19.2. The molecule has 1 heterocycles. The van der Waals surface area contributed by atoms with Crippen LogP contribution < -0.4 is 4.89 Å². The quantitative estimate of drug-likeness (QED) is 0.0223. The molecule has 0 spiro atoms. The van der Waals surface area contributed by atoms with E-state index >= 15 is 0 Å². The van der Waals surface area contributed by atoms with Crippen LogP contribution in [0, 0.1) is 25.7 Å². The van der Waals surface area contributed by atoms with Gasteiger partial charge < -0.3 is 42.5 Å². The maximum atomic E-state index is 12.8. The molecule has 2 rings (SSSR count). The number of furan rings is 1. The first-order valence-corrected chi connectivity index (χ1v) is 24.3. The van der Waals surface area contributed by atoms with E-state index in [0.29, 0.717) is 43.1 Å². The fraction of sp³-hybridized carbons (Fsp3) is 0.804. The van der Waals surface area contributed by atoms with Crippen LogP contribution in [-0.4, -0.2) is 98.2 Å². The molecule has 13 nitrogen and oxygen atoms in total. The van der Waals surface area contributed by atoms with Gasteiger partial charge in [0.1, 0.15) is 37.1 Å². The van der Waals surface area contributed by atoms with Crippen molar-refractivity contribution in [3.63, 3.8) is 0 Å². The Morgan fingerprint density at radius 1 is 0.850 bits per heavy atom. The van der Waals surface area contributed by atoms with Crippen molar-refractivity contribution in [2.45, 2.75) is 181 Å². The summed E-state index contributed by atoms with van der Waals surface area (Å²) in [6.45, 7) is 7.98. The molecule has 0 saturated heterocycles. The van der Waals surface area contributed by atoms with E-state index < -0.39 is 44.7 Å². The standard InChI is InChI=1S/C46H80NO12P/c1-8-10-17-23-37(48)28-29-40-39(41(49)32-42(40)50)24-18-15-16-21-27-46(52)58-38(34-57-60(53,54)56-31-30-47(5,6)7)33-55-45(51)26-20-14-12-11-13-19-25-44-36(4)35(3)43(59-44)22-9-2/h28-29,37-40,42,48,50H,8-27,30-34H2,1-7H3/b29-28+/t37-,38+,39+,40+,42+/m0/s1. The van der Waals surface area contributed by atoms with E-state index in [1.54, 1.807) is 6.08 Å². The third-order valence-electron chi connectivity index (χ3n) is 11.4. The number of hydrogen-bond acceptors (Lipinski definition) is 12. The van der Waals surface area contributed by atoms with Crippen LogP contribution in [0.15, 0.2) is 16.6 Å². The van der Waals surface area contributed by atoms with Crippen LogP contribution in [0.1, 0.15) is 158 Å². The number of carbonyl (C=O) groups is 3. The highest BCUT2D eigenvalue weighted by atomic mass is 31.2. The number of quaternary nitrogens is 1. The van der Waals surface area contributed by atoms with Gasteiger partial charge in [0.2, 0.25) is 0 Å². The Balaban J connectivity index is 1.76. The van der Waals surface area contributed by atoms with Gasteiger partial charge in [-0.1, -0.05) is 90.2 Å². The maximum Gasteiger partial charge on any atom is 0.306 e. The number of phosphoric ester groups is 1. The highest BCUT2D eigenvalue weighted by Crippen LogP contribution is 2.38. The first-order valence-electron chi connectivity index (χ1n) is 22.9. The summed E-state index contributed by atoms with van der Waals surface area (Å²) in [5, 5.41) is 20.8. The molecule has 1 aliphatic carbocycles. The highest BCUT2D eigenvalue weighted by molar-refractivity contribution is 7.45. The molecule has 1 saturated carbocycles. The van der Waals surface area contributed by atoms with Gasteiger partial charge in [0.05, 0.1) is 40.0 Å². The number of ether oxygens (including phenoxy) is 2. The van der Waals surface area contributed by atoms with Gasteiger partial charge in [-0.15, -0.1) is 0 Å². The van der Waals surface area contributed by atoms with E-state index in [1.807, 2.05) is 27.2 Å². The van der Waals surface area contributed by atoms with Crippen molar-refractivity contribution in [1.82, 2.24) is 0 Å². The van der Waals surface area contributed by atoms with Crippen LogP contribution in [-0.2, 0) is 50.3 Å². The van der Waals surface area contributed by atoms with Crippen LogP contribution in [0.2, 0.25) is 0 Å². The zero-order chi connectivity index (χ0) is 44.6. The Labute approximate surface area is 361 Å². The number of aryl methyl sites for hydroxylation is 2. The number of carbonyl (C=O) groups excluding carboxylic acids is 3. The Hall–Kier alpha value is -2.38. The Morgan fingerprint density at radius 2 is 1.47 bits per heavy atom. The van der Waals surface area contributed by atoms with Crippen LogP contribution in [0.4, 0.5) is 0 Å². The number of unbranched alkanes of at least 4 members (excludes halogenated alkanes) is 10. The highest BCUT2D eigenvalue weighted by Gasteiger charge is 2.39. The second-order valence-electron chi connectivity index (χ2n) is 17.8. The average Bonchev–Trinajstić information content (AvgIpc) is 3.60. The number of aliphatic hydroxyl groups excluding tert-OH is 2. The van der Waals surface area contributed by atoms with Gasteiger partial charge in [0.25, 0.3) is 7.82 Å². The fourth-order valence-corrected chi connectivity index (χ4v) is 8.21. The molecule has 0 amide bonds. The molecule has 60 heavy (non-hydrogen) atoms. The van der Waals surface area contributed by atoms with E-state index in [2.05, 4.69) is 27.7 Å². The summed E-state index contributed by atoms with van der Waals surface area (Å²) in [5.74, 6) is 0.611. The normalized spacial score (nSPS) is 19.2. The number of esters is 2. The predicted molar refractivity (Wildman–Crippen MR) is 231 cm³/mol. The third kappa shape index (κ3) is 22.6. The van der Waals surface area contributed by atoms with E-state index in [0.717, 1.165) is 95.0 Å². The third-order valence-corrected chi connectivity index (χ3v) is 12.3. The van der Waals surface area contributed by atoms with E-state index in [-0.39, 0.29) is 50.1 Å². The minimum atomic E-state index is -4.71. The summed E-state index contributed by atoms with van der Waals surface area (Å²) in [6.07, 6.45) is 17.2. The van der Waals surface area contributed by atoms with Gasteiger partial charge in [0, 0.05) is 43.9 Å². The van der Waals surface area contributed by atoms with Gasteiger partial charge in [-0.05, 0) is 63.5 Å². The Bertz CT molecular complexity index is 1470. The van der Waals surface area contributed by atoms with Crippen molar-refractivity contribution in [3.8, 4) is 0 Å². The van der Waals surface area contributed by atoms with Crippen molar-refractivity contribution in [2.75, 3.05) is 47.5 Å². The molecule has 0 bridgehead atoms. The van der Waals surface area contributed by atoms with Crippen molar-refractivity contribution >= 4 is 25.5 Å². The summed E-state index contributed by atoms with van der Waals surface area (Å²) >= 11 is 0. The molecule has 1 aliphatic rings. The molecule has 346 valence electrons. The summed E-state index contributed by atoms with van der Waals surface area (Å²) in [5.41, 5.74) is 2.54. The Kier molecular flexibility index (Phi) is 26.0. The van der Waals surface area contributed by atoms with Gasteiger partial charge >= 0.3 is 11.9 Å². The van der Waals surface area contributed by atoms with Crippen LogP contribution in [0.25, 0.3) is 0 Å².